The highest BCUT2D eigenvalue weighted by Gasteiger charge is 2.29. The van der Waals surface area contributed by atoms with Crippen LogP contribution in [0.2, 0.25) is 0 Å². The molecule has 0 aliphatic carbocycles. The second-order valence-electron chi connectivity index (χ2n) is 8.02. The van der Waals surface area contributed by atoms with Gasteiger partial charge in [0.25, 0.3) is 5.91 Å². The third-order valence-electron chi connectivity index (χ3n) is 5.60. The highest BCUT2D eigenvalue weighted by atomic mass is 16.7. The number of pyridine rings is 1. The predicted octanol–water partition coefficient (Wildman–Crippen LogP) is 3.93. The van der Waals surface area contributed by atoms with Crippen molar-refractivity contribution in [1.29, 1.82) is 0 Å². The molecule has 0 radical (unpaired) electrons. The van der Waals surface area contributed by atoms with Crippen molar-refractivity contribution in [3.8, 4) is 0 Å². The molecule has 0 saturated carbocycles. The maximum atomic E-state index is 12.9. The van der Waals surface area contributed by atoms with Gasteiger partial charge in [-0.2, -0.15) is 0 Å². The van der Waals surface area contributed by atoms with Crippen molar-refractivity contribution < 1.29 is 28.9 Å². The molecule has 0 fully saturated rings. The third-order valence-corrected chi connectivity index (χ3v) is 5.60. The highest BCUT2D eigenvalue weighted by Crippen LogP contribution is 2.32. The van der Waals surface area contributed by atoms with Gasteiger partial charge in [-0.3, -0.25) is 9.78 Å². The van der Waals surface area contributed by atoms with Gasteiger partial charge in [-0.1, -0.05) is 36.4 Å². The second-order valence-corrected chi connectivity index (χ2v) is 8.02. The number of hydrogen-bond acceptors (Lipinski definition) is 7. The first-order valence-corrected chi connectivity index (χ1v) is 11.1. The first-order chi connectivity index (χ1) is 17.1. The zero-order valence-corrected chi connectivity index (χ0v) is 19.2. The number of amides is 1. The van der Waals surface area contributed by atoms with E-state index in [0.717, 1.165) is 16.7 Å². The summed E-state index contributed by atoms with van der Waals surface area (Å²) >= 11 is 0. The molecule has 2 N–H and O–H groups in total. The van der Waals surface area contributed by atoms with Crippen molar-refractivity contribution in [3.63, 3.8) is 0 Å². The fraction of sp³-hybridized carbons (Fsp3) is 0.222. The van der Waals surface area contributed by atoms with Gasteiger partial charge in [-0.15, -0.1) is 0 Å². The maximum Gasteiger partial charge on any atom is 0.337 e. The average Bonchev–Trinajstić information content (AvgIpc) is 2.92. The summed E-state index contributed by atoms with van der Waals surface area (Å²) in [7, 11) is 1.34. The predicted molar refractivity (Wildman–Crippen MR) is 128 cm³/mol. The van der Waals surface area contributed by atoms with E-state index in [-0.39, 0.29) is 24.9 Å². The van der Waals surface area contributed by atoms with Gasteiger partial charge in [0.2, 0.25) is 6.29 Å². The minimum atomic E-state index is -0.669. The lowest BCUT2D eigenvalue weighted by atomic mass is 9.92. The summed E-state index contributed by atoms with van der Waals surface area (Å²) in [5.74, 6) is -0.853. The van der Waals surface area contributed by atoms with Gasteiger partial charge in [0.15, 0.2) is 5.76 Å². The van der Waals surface area contributed by atoms with Crippen molar-refractivity contribution in [2.24, 2.45) is 0 Å². The van der Waals surface area contributed by atoms with Gasteiger partial charge < -0.3 is 24.6 Å². The number of ether oxygens (including phenoxy) is 3. The number of nitrogens with one attached hydrogen (secondary N) is 1. The number of aliphatic hydroxyl groups is 1. The molecule has 1 aliphatic rings. The molecule has 8 nitrogen and oxygen atoms in total. The second kappa shape index (κ2) is 11.4. The first-order valence-electron chi connectivity index (χ1n) is 11.1. The number of aliphatic hydroxyl groups excluding tert-OH is 1. The quantitative estimate of drug-likeness (QED) is 0.477. The lowest BCUT2D eigenvalue weighted by Gasteiger charge is -2.29. The molecule has 2 aromatic carbocycles. The average molecular weight is 475 g/mol. The van der Waals surface area contributed by atoms with Gasteiger partial charge in [0, 0.05) is 18.5 Å². The molecule has 3 aromatic rings. The van der Waals surface area contributed by atoms with Crippen LogP contribution in [-0.4, -0.2) is 35.4 Å². The molecular formula is C27H26N2O6. The van der Waals surface area contributed by atoms with Crippen LogP contribution in [0.1, 0.15) is 39.4 Å². The Morgan fingerprint density at radius 3 is 2.49 bits per heavy atom. The van der Waals surface area contributed by atoms with E-state index in [1.807, 2.05) is 36.4 Å². The summed E-state index contributed by atoms with van der Waals surface area (Å²) in [6, 6.07) is 17.9. The molecule has 8 heteroatoms. The smallest absolute Gasteiger partial charge is 0.337 e. The van der Waals surface area contributed by atoms with Crippen LogP contribution in [-0.2, 0) is 32.2 Å². The van der Waals surface area contributed by atoms with Crippen LogP contribution in [0.15, 0.2) is 84.9 Å². The number of hydrogen-bond donors (Lipinski definition) is 2. The molecule has 0 saturated heterocycles. The van der Waals surface area contributed by atoms with Gasteiger partial charge in [-0.25, -0.2) is 4.79 Å². The molecule has 0 unspecified atom stereocenters. The van der Waals surface area contributed by atoms with Crippen LogP contribution in [0.5, 0.6) is 0 Å². The first kappa shape index (κ1) is 24.1. The van der Waals surface area contributed by atoms with E-state index in [1.165, 1.54) is 7.11 Å². The molecule has 2 heterocycles. The Kier molecular flexibility index (Phi) is 7.87. The maximum absolute atomic E-state index is 12.9. The van der Waals surface area contributed by atoms with Crippen LogP contribution >= 0.6 is 0 Å². The monoisotopic (exact) mass is 474 g/mol. The summed E-state index contributed by atoms with van der Waals surface area (Å²) < 4.78 is 16.7. The van der Waals surface area contributed by atoms with Crippen LogP contribution in [0.4, 0.5) is 5.69 Å². The van der Waals surface area contributed by atoms with Gasteiger partial charge in [0.05, 0.1) is 37.8 Å². The van der Waals surface area contributed by atoms with Crippen LogP contribution in [0.25, 0.3) is 0 Å². The van der Waals surface area contributed by atoms with Crippen molar-refractivity contribution >= 4 is 17.6 Å². The van der Waals surface area contributed by atoms with Crippen LogP contribution in [0.3, 0.4) is 0 Å². The van der Waals surface area contributed by atoms with E-state index in [0.29, 0.717) is 17.7 Å². The number of carbonyl (C=O) groups is 2. The molecule has 2 atom stereocenters. The SMILES string of the molecule is COC(=O)c1ccc([C@H]2C=C(C(=O)Nc3cccnc3)O[C@@H](OCc3ccc(CO)cc3)C2)cc1. The number of carbonyl (C=O) groups excluding carboxylic acids is 2. The number of methoxy groups -OCH3 is 1. The van der Waals surface area contributed by atoms with E-state index in [1.54, 1.807) is 42.7 Å². The Hall–Kier alpha value is -4.01. The summed E-state index contributed by atoms with van der Waals surface area (Å²) in [6.45, 7) is 0.255. The van der Waals surface area contributed by atoms with E-state index >= 15 is 0 Å². The Morgan fingerprint density at radius 1 is 1.09 bits per heavy atom. The van der Waals surface area contributed by atoms with Crippen molar-refractivity contribution in [2.45, 2.75) is 31.8 Å². The summed E-state index contributed by atoms with van der Waals surface area (Å²) in [5.41, 5.74) is 3.64. The Morgan fingerprint density at radius 2 is 1.83 bits per heavy atom. The number of esters is 1. The minimum absolute atomic E-state index is 0.0243. The molecule has 1 amide bonds. The van der Waals surface area contributed by atoms with E-state index in [4.69, 9.17) is 14.2 Å². The molecule has 0 bridgehead atoms. The van der Waals surface area contributed by atoms with Gasteiger partial charge in [-0.05, 0) is 47.0 Å². The third kappa shape index (κ3) is 6.32. The lowest BCUT2D eigenvalue weighted by molar-refractivity contribution is -0.147. The number of allylic oxidation sites excluding steroid dienone is 1. The summed E-state index contributed by atoms with van der Waals surface area (Å²) in [4.78, 5) is 28.7. The lowest BCUT2D eigenvalue weighted by Crippen LogP contribution is -2.29. The largest absolute Gasteiger partial charge is 0.465 e. The van der Waals surface area contributed by atoms with Crippen LogP contribution in [0, 0.1) is 0 Å². The number of benzene rings is 2. The van der Waals surface area contributed by atoms with Gasteiger partial charge in [0.1, 0.15) is 0 Å². The standard InChI is InChI=1S/C27H26N2O6/c1-33-27(32)21-10-8-20(9-11-21)22-13-24(26(31)29-23-3-2-12-28-15-23)35-25(14-22)34-17-19-6-4-18(16-30)5-7-19/h2-13,15,22,25,30H,14,16-17H2,1H3,(H,29,31)/t22-,25+/m0/s1. The van der Waals surface area contributed by atoms with E-state index < -0.39 is 18.2 Å². The zero-order chi connectivity index (χ0) is 24.6. The zero-order valence-electron chi connectivity index (χ0n) is 19.2. The molecule has 35 heavy (non-hydrogen) atoms. The molecule has 1 aliphatic heterocycles. The van der Waals surface area contributed by atoms with Crippen molar-refractivity contribution in [3.05, 3.63) is 107 Å². The number of nitrogens with zero attached hydrogens (tertiary/aromatic N) is 1. The van der Waals surface area contributed by atoms with Gasteiger partial charge >= 0.3 is 5.97 Å². The molecule has 180 valence electrons. The van der Waals surface area contributed by atoms with Crippen molar-refractivity contribution in [2.75, 3.05) is 12.4 Å². The molecule has 1 aromatic heterocycles. The Bertz CT molecular complexity index is 1180. The Balaban J connectivity index is 1.52. The number of anilines is 1. The van der Waals surface area contributed by atoms with E-state index in [9.17, 15) is 14.7 Å². The van der Waals surface area contributed by atoms with E-state index in [2.05, 4.69) is 10.3 Å². The number of aromatic nitrogens is 1. The molecule has 4 rings (SSSR count). The van der Waals surface area contributed by atoms with Crippen LogP contribution < -0.4 is 5.32 Å². The number of rotatable bonds is 8. The summed E-state index contributed by atoms with van der Waals surface area (Å²) in [5, 5.41) is 12.0. The Labute approximate surface area is 203 Å². The summed E-state index contributed by atoms with van der Waals surface area (Å²) in [6.07, 6.45) is 4.74. The fourth-order valence-electron chi connectivity index (χ4n) is 3.69. The van der Waals surface area contributed by atoms with Crippen molar-refractivity contribution in [1.82, 2.24) is 4.98 Å². The fourth-order valence-corrected chi connectivity index (χ4v) is 3.69. The minimum Gasteiger partial charge on any atom is -0.465 e. The normalized spacial score (nSPS) is 17.1. The molecular weight excluding hydrogens is 448 g/mol. The molecule has 0 spiro atoms. The topological polar surface area (TPSA) is 107 Å². The highest BCUT2D eigenvalue weighted by molar-refractivity contribution is 6.02.